The van der Waals surface area contributed by atoms with E-state index in [0.29, 0.717) is 24.4 Å². The van der Waals surface area contributed by atoms with Crippen molar-refractivity contribution in [2.75, 3.05) is 13.2 Å². The van der Waals surface area contributed by atoms with Crippen LogP contribution in [0.1, 0.15) is 83.5 Å². The fourth-order valence-electron chi connectivity index (χ4n) is 5.44. The average Bonchev–Trinajstić information content (AvgIpc) is 3.26. The van der Waals surface area contributed by atoms with Crippen LogP contribution in [-0.2, 0) is 14.2 Å². The van der Waals surface area contributed by atoms with Gasteiger partial charge in [-0.2, -0.15) is 0 Å². The summed E-state index contributed by atoms with van der Waals surface area (Å²) in [5, 5.41) is 0. The Morgan fingerprint density at radius 2 is 1.17 bits per heavy atom. The summed E-state index contributed by atoms with van der Waals surface area (Å²) in [6, 6.07) is 0. The molecule has 6 aliphatic rings. The van der Waals surface area contributed by atoms with Gasteiger partial charge in [-0.1, -0.05) is 6.42 Å². The predicted molar refractivity (Wildman–Crippen MR) is 95.1 cm³/mol. The lowest BCUT2D eigenvalue weighted by Gasteiger charge is -2.18. The van der Waals surface area contributed by atoms with Crippen LogP contribution >= 0.6 is 0 Å². The highest BCUT2D eigenvalue weighted by atomic mass is 16.5. The molecule has 0 spiro atoms. The number of hydrogen-bond donors (Lipinski definition) is 0. The lowest BCUT2D eigenvalue weighted by atomic mass is 9.91. The maximum atomic E-state index is 5.60. The second kappa shape index (κ2) is 8.51. The van der Waals surface area contributed by atoms with Gasteiger partial charge in [0.15, 0.2) is 0 Å². The molecular formula is C21H36O3. The van der Waals surface area contributed by atoms with Gasteiger partial charge in [0.05, 0.1) is 24.4 Å². The summed E-state index contributed by atoms with van der Waals surface area (Å²) in [6.07, 6.45) is 20.4. The molecule has 4 saturated heterocycles. The van der Waals surface area contributed by atoms with Crippen molar-refractivity contribution in [2.45, 2.75) is 108 Å². The monoisotopic (exact) mass is 336 g/mol. The van der Waals surface area contributed by atoms with Crippen molar-refractivity contribution < 1.29 is 14.2 Å². The Hall–Kier alpha value is -0.120. The van der Waals surface area contributed by atoms with Gasteiger partial charge in [-0.25, -0.2) is 0 Å². The largest absolute Gasteiger partial charge is 0.378 e. The second-order valence-electron chi connectivity index (χ2n) is 8.84. The molecule has 4 aliphatic heterocycles. The van der Waals surface area contributed by atoms with Gasteiger partial charge in [0.25, 0.3) is 0 Å². The summed E-state index contributed by atoms with van der Waals surface area (Å²) in [6.45, 7) is 2.10. The van der Waals surface area contributed by atoms with Gasteiger partial charge in [-0.05, 0) is 88.9 Å². The molecule has 0 aromatic carbocycles. The third-order valence-electron chi connectivity index (χ3n) is 6.92. The highest BCUT2D eigenvalue weighted by Crippen LogP contribution is 2.34. The Morgan fingerprint density at radius 3 is 1.83 bits per heavy atom. The summed E-state index contributed by atoms with van der Waals surface area (Å²) in [5.74, 6) is 1.97. The molecule has 6 atom stereocenters. The molecule has 0 aromatic rings. The first-order valence-electron chi connectivity index (χ1n) is 10.7. The van der Waals surface area contributed by atoms with Crippen LogP contribution in [0.3, 0.4) is 0 Å². The average molecular weight is 337 g/mol. The minimum Gasteiger partial charge on any atom is -0.378 e. The topological polar surface area (TPSA) is 27.7 Å². The number of ether oxygens (including phenoxy) is 3. The Labute approximate surface area is 147 Å². The third-order valence-corrected chi connectivity index (χ3v) is 6.92. The van der Waals surface area contributed by atoms with Crippen molar-refractivity contribution in [1.82, 2.24) is 0 Å². The van der Waals surface area contributed by atoms with Crippen LogP contribution in [0.4, 0.5) is 0 Å². The Balaban J connectivity index is 0.0000000911. The summed E-state index contributed by atoms with van der Waals surface area (Å²) in [5.41, 5.74) is 0. The highest BCUT2D eigenvalue weighted by Gasteiger charge is 2.30. The van der Waals surface area contributed by atoms with Crippen molar-refractivity contribution in [3.8, 4) is 0 Å². The molecule has 3 nitrogen and oxygen atoms in total. The molecule has 24 heavy (non-hydrogen) atoms. The molecule has 4 heterocycles. The van der Waals surface area contributed by atoms with Crippen molar-refractivity contribution in [3.05, 3.63) is 0 Å². The fourth-order valence-corrected chi connectivity index (χ4v) is 5.44. The molecule has 0 amide bonds. The molecule has 0 N–H and O–H groups in total. The molecule has 3 heteroatoms. The molecule has 138 valence electrons. The van der Waals surface area contributed by atoms with E-state index in [0.717, 1.165) is 25.0 Å². The van der Waals surface area contributed by atoms with Crippen LogP contribution in [0, 0.1) is 11.8 Å². The second-order valence-corrected chi connectivity index (χ2v) is 8.84. The normalized spacial score (nSPS) is 45.0. The molecular weight excluding hydrogens is 300 g/mol. The van der Waals surface area contributed by atoms with E-state index in [9.17, 15) is 0 Å². The molecule has 0 aromatic heterocycles. The van der Waals surface area contributed by atoms with E-state index < -0.39 is 0 Å². The minimum absolute atomic E-state index is 0.661. The first-order chi connectivity index (χ1) is 11.8. The Bertz CT molecular complexity index is 286. The van der Waals surface area contributed by atoms with Crippen LogP contribution in [0.25, 0.3) is 0 Å². The van der Waals surface area contributed by atoms with Crippen molar-refractivity contribution in [2.24, 2.45) is 11.8 Å². The molecule has 6 fully saturated rings. The molecule has 2 saturated carbocycles. The first-order valence-corrected chi connectivity index (χ1v) is 10.7. The lowest BCUT2D eigenvalue weighted by Crippen LogP contribution is -2.16. The van der Waals surface area contributed by atoms with Gasteiger partial charge < -0.3 is 14.2 Å². The van der Waals surface area contributed by atoms with Gasteiger partial charge in [0, 0.05) is 13.2 Å². The third kappa shape index (κ3) is 4.74. The Kier molecular flexibility index (Phi) is 6.13. The first kappa shape index (κ1) is 17.3. The standard InChI is InChI=1S/3C7H12O/c1-2-7-5-6(1)3-4-8-7;1-2-6-4-7(3-1)8-5-6;1-2-6-4-5-7(3-1)8-6/h3*6-7H,1-5H2. The fraction of sp³-hybridized carbons (Fsp3) is 1.00. The van der Waals surface area contributed by atoms with E-state index in [1.165, 1.54) is 83.5 Å². The number of rotatable bonds is 0. The van der Waals surface area contributed by atoms with Crippen LogP contribution in [0.5, 0.6) is 0 Å². The van der Waals surface area contributed by atoms with Crippen LogP contribution in [-0.4, -0.2) is 37.6 Å². The quantitative estimate of drug-likeness (QED) is 0.632. The van der Waals surface area contributed by atoms with E-state index in [4.69, 9.17) is 14.2 Å². The number of fused-ring (bicyclic) bond motifs is 6. The smallest absolute Gasteiger partial charge is 0.0579 e. The van der Waals surface area contributed by atoms with Crippen LogP contribution in [0.2, 0.25) is 0 Å². The van der Waals surface area contributed by atoms with Gasteiger partial charge in [-0.3, -0.25) is 0 Å². The predicted octanol–water partition coefficient (Wildman–Crippen LogP) is 4.87. The summed E-state index contributed by atoms with van der Waals surface area (Å²) in [7, 11) is 0. The van der Waals surface area contributed by atoms with Gasteiger partial charge >= 0.3 is 0 Å². The SMILES string of the molecule is C1CC2CCC(C1)O2.C1CC2CCC(C2)O1.C1CC2COC(C1)C2. The van der Waals surface area contributed by atoms with Crippen molar-refractivity contribution in [3.63, 3.8) is 0 Å². The minimum atomic E-state index is 0.661. The van der Waals surface area contributed by atoms with E-state index >= 15 is 0 Å². The zero-order chi connectivity index (χ0) is 16.2. The summed E-state index contributed by atoms with van der Waals surface area (Å²) < 4.78 is 16.5. The van der Waals surface area contributed by atoms with E-state index in [1.807, 2.05) is 0 Å². The highest BCUT2D eigenvalue weighted by molar-refractivity contribution is 4.80. The summed E-state index contributed by atoms with van der Waals surface area (Å²) >= 11 is 0. The van der Waals surface area contributed by atoms with E-state index in [1.54, 1.807) is 0 Å². The van der Waals surface area contributed by atoms with E-state index in [2.05, 4.69) is 0 Å². The van der Waals surface area contributed by atoms with Gasteiger partial charge in [0.2, 0.25) is 0 Å². The van der Waals surface area contributed by atoms with Crippen molar-refractivity contribution in [1.29, 1.82) is 0 Å². The van der Waals surface area contributed by atoms with Crippen LogP contribution in [0.15, 0.2) is 0 Å². The Morgan fingerprint density at radius 1 is 0.500 bits per heavy atom. The summed E-state index contributed by atoms with van der Waals surface area (Å²) in [4.78, 5) is 0. The van der Waals surface area contributed by atoms with Crippen LogP contribution < -0.4 is 0 Å². The zero-order valence-corrected chi connectivity index (χ0v) is 15.3. The van der Waals surface area contributed by atoms with E-state index in [-0.39, 0.29) is 0 Å². The molecule has 0 radical (unpaired) electrons. The molecule has 6 rings (SSSR count). The maximum Gasteiger partial charge on any atom is 0.0579 e. The molecule has 6 unspecified atom stereocenters. The van der Waals surface area contributed by atoms with Gasteiger partial charge in [0.1, 0.15) is 0 Å². The molecule has 2 aliphatic carbocycles. The van der Waals surface area contributed by atoms with Crippen molar-refractivity contribution >= 4 is 0 Å². The van der Waals surface area contributed by atoms with Gasteiger partial charge in [-0.15, -0.1) is 0 Å². The number of hydrogen-bond acceptors (Lipinski definition) is 3. The lowest BCUT2D eigenvalue weighted by molar-refractivity contribution is 0.00574. The maximum absolute atomic E-state index is 5.60. The molecule has 6 bridgehead atoms. The zero-order valence-electron chi connectivity index (χ0n) is 15.3.